The molecular formula is C20H25FN2O. The minimum absolute atomic E-state index is 0.219. The maximum absolute atomic E-state index is 13.3. The van der Waals surface area contributed by atoms with E-state index >= 15 is 0 Å². The van der Waals surface area contributed by atoms with Crippen molar-refractivity contribution in [3.63, 3.8) is 0 Å². The number of benzene rings is 2. The topological polar surface area (TPSA) is 26.7 Å². The van der Waals surface area contributed by atoms with Gasteiger partial charge in [0.25, 0.3) is 0 Å². The van der Waals surface area contributed by atoms with Crippen molar-refractivity contribution in [3.05, 3.63) is 65.5 Å². The summed E-state index contributed by atoms with van der Waals surface area (Å²) in [5.74, 6) is -0.219. The standard InChI is InChI=1S/C20H25FN2O/c1-16-15-17(7-8-19(16)21)20(24)9-10-22-11-13-23(14-12-22)18-5-3-2-4-6-18/h2-8,15,20,24H,9-14H2,1H3. The van der Waals surface area contributed by atoms with Crippen LogP contribution in [0.3, 0.4) is 0 Å². The Labute approximate surface area is 143 Å². The largest absolute Gasteiger partial charge is 0.388 e. The van der Waals surface area contributed by atoms with Crippen LogP contribution in [0.4, 0.5) is 10.1 Å². The van der Waals surface area contributed by atoms with Crippen LogP contribution < -0.4 is 4.90 Å². The maximum Gasteiger partial charge on any atom is 0.126 e. The minimum Gasteiger partial charge on any atom is -0.388 e. The van der Waals surface area contributed by atoms with Gasteiger partial charge in [0.15, 0.2) is 0 Å². The van der Waals surface area contributed by atoms with E-state index in [1.165, 1.54) is 11.8 Å². The fourth-order valence-corrected chi connectivity index (χ4v) is 3.22. The van der Waals surface area contributed by atoms with Crippen molar-refractivity contribution < 1.29 is 9.50 Å². The third-order valence-corrected chi connectivity index (χ3v) is 4.78. The molecule has 1 saturated heterocycles. The predicted molar refractivity (Wildman–Crippen MR) is 95.8 cm³/mol. The molecule has 24 heavy (non-hydrogen) atoms. The minimum atomic E-state index is -0.531. The number of hydrogen-bond donors (Lipinski definition) is 1. The molecule has 2 aromatic rings. The number of anilines is 1. The molecule has 0 spiro atoms. The van der Waals surface area contributed by atoms with Gasteiger partial charge in [-0.1, -0.05) is 30.3 Å². The quantitative estimate of drug-likeness (QED) is 0.911. The average Bonchev–Trinajstić information content (AvgIpc) is 2.63. The second kappa shape index (κ2) is 7.77. The fourth-order valence-electron chi connectivity index (χ4n) is 3.22. The van der Waals surface area contributed by atoms with Crippen molar-refractivity contribution in [1.29, 1.82) is 0 Å². The summed E-state index contributed by atoms with van der Waals surface area (Å²) in [6, 6.07) is 15.3. The summed E-state index contributed by atoms with van der Waals surface area (Å²) >= 11 is 0. The number of aliphatic hydroxyl groups excluding tert-OH is 1. The first-order valence-corrected chi connectivity index (χ1v) is 8.60. The van der Waals surface area contributed by atoms with Gasteiger partial charge in [0.05, 0.1) is 6.10 Å². The summed E-state index contributed by atoms with van der Waals surface area (Å²) in [5.41, 5.74) is 2.67. The van der Waals surface area contributed by atoms with Crippen LogP contribution in [0.1, 0.15) is 23.7 Å². The van der Waals surface area contributed by atoms with Gasteiger partial charge in [0, 0.05) is 38.4 Å². The van der Waals surface area contributed by atoms with Gasteiger partial charge in [-0.25, -0.2) is 4.39 Å². The molecule has 0 bridgehead atoms. The van der Waals surface area contributed by atoms with E-state index in [9.17, 15) is 9.50 Å². The monoisotopic (exact) mass is 328 g/mol. The van der Waals surface area contributed by atoms with Gasteiger partial charge in [-0.2, -0.15) is 0 Å². The van der Waals surface area contributed by atoms with Gasteiger partial charge in [0.2, 0.25) is 0 Å². The summed E-state index contributed by atoms with van der Waals surface area (Å²) in [6.45, 7) is 6.62. The smallest absolute Gasteiger partial charge is 0.126 e. The second-order valence-electron chi connectivity index (χ2n) is 6.48. The third-order valence-electron chi connectivity index (χ3n) is 4.78. The van der Waals surface area contributed by atoms with E-state index in [0.29, 0.717) is 12.0 Å². The Kier molecular flexibility index (Phi) is 5.48. The van der Waals surface area contributed by atoms with Crippen molar-refractivity contribution in [3.8, 4) is 0 Å². The lowest BCUT2D eigenvalue weighted by molar-refractivity contribution is 0.139. The molecule has 1 aliphatic rings. The lowest BCUT2D eigenvalue weighted by Gasteiger charge is -2.36. The van der Waals surface area contributed by atoms with Gasteiger partial charge in [-0.05, 0) is 42.7 Å². The van der Waals surface area contributed by atoms with E-state index < -0.39 is 6.10 Å². The maximum atomic E-state index is 13.3. The Morgan fingerprint density at radius 2 is 1.75 bits per heavy atom. The number of rotatable bonds is 5. The first-order valence-electron chi connectivity index (χ1n) is 8.60. The molecule has 0 saturated carbocycles. The van der Waals surface area contributed by atoms with E-state index in [2.05, 4.69) is 34.1 Å². The predicted octanol–water partition coefficient (Wildman–Crippen LogP) is 3.38. The molecule has 0 amide bonds. The van der Waals surface area contributed by atoms with Crippen LogP contribution in [0.25, 0.3) is 0 Å². The van der Waals surface area contributed by atoms with Crippen LogP contribution in [0, 0.1) is 12.7 Å². The molecule has 3 nitrogen and oxygen atoms in total. The molecule has 1 heterocycles. The first-order chi connectivity index (χ1) is 11.6. The molecule has 0 aliphatic carbocycles. The lowest BCUT2D eigenvalue weighted by atomic mass is 10.0. The number of hydrogen-bond acceptors (Lipinski definition) is 3. The van der Waals surface area contributed by atoms with Crippen molar-refractivity contribution in [2.24, 2.45) is 0 Å². The molecule has 1 aliphatic heterocycles. The van der Waals surface area contributed by atoms with Crippen LogP contribution in [0.2, 0.25) is 0 Å². The van der Waals surface area contributed by atoms with E-state index in [0.717, 1.165) is 38.3 Å². The highest BCUT2D eigenvalue weighted by Crippen LogP contribution is 2.21. The Balaban J connectivity index is 1.47. The van der Waals surface area contributed by atoms with Gasteiger partial charge in [-0.3, -0.25) is 4.90 Å². The highest BCUT2D eigenvalue weighted by atomic mass is 19.1. The zero-order valence-corrected chi connectivity index (χ0v) is 14.2. The molecule has 128 valence electrons. The highest BCUT2D eigenvalue weighted by molar-refractivity contribution is 5.46. The van der Waals surface area contributed by atoms with Gasteiger partial charge < -0.3 is 10.0 Å². The molecule has 4 heteroatoms. The summed E-state index contributed by atoms with van der Waals surface area (Å²) in [5, 5.41) is 10.3. The number of piperazine rings is 1. The summed E-state index contributed by atoms with van der Waals surface area (Å²) in [7, 11) is 0. The van der Waals surface area contributed by atoms with E-state index in [1.807, 2.05) is 6.07 Å². The molecule has 0 radical (unpaired) electrons. The molecule has 2 aromatic carbocycles. The van der Waals surface area contributed by atoms with Crippen LogP contribution >= 0.6 is 0 Å². The van der Waals surface area contributed by atoms with Crippen molar-refractivity contribution in [2.75, 3.05) is 37.6 Å². The Morgan fingerprint density at radius 1 is 1.04 bits per heavy atom. The zero-order valence-electron chi connectivity index (χ0n) is 14.2. The molecule has 3 rings (SSSR count). The first kappa shape index (κ1) is 16.9. The molecular weight excluding hydrogens is 303 g/mol. The van der Waals surface area contributed by atoms with Crippen molar-refractivity contribution in [2.45, 2.75) is 19.4 Å². The Morgan fingerprint density at radius 3 is 2.42 bits per heavy atom. The van der Waals surface area contributed by atoms with Crippen LogP contribution in [0.15, 0.2) is 48.5 Å². The van der Waals surface area contributed by atoms with E-state index in [1.54, 1.807) is 19.1 Å². The number of aryl methyl sites for hydroxylation is 1. The number of para-hydroxylation sites is 1. The summed E-state index contributed by atoms with van der Waals surface area (Å²) in [6.07, 6.45) is 0.146. The third kappa shape index (κ3) is 4.13. The molecule has 1 unspecified atom stereocenters. The van der Waals surface area contributed by atoms with Crippen LogP contribution in [0.5, 0.6) is 0 Å². The van der Waals surface area contributed by atoms with Crippen molar-refractivity contribution >= 4 is 5.69 Å². The van der Waals surface area contributed by atoms with Crippen molar-refractivity contribution in [1.82, 2.24) is 4.90 Å². The molecule has 1 N–H and O–H groups in total. The molecule has 1 atom stereocenters. The summed E-state index contributed by atoms with van der Waals surface area (Å²) in [4.78, 5) is 4.79. The normalized spacial score (nSPS) is 17.0. The number of aliphatic hydroxyl groups is 1. The molecule has 0 aromatic heterocycles. The fraction of sp³-hybridized carbons (Fsp3) is 0.400. The zero-order chi connectivity index (χ0) is 16.9. The lowest BCUT2D eigenvalue weighted by Crippen LogP contribution is -2.46. The van der Waals surface area contributed by atoms with E-state index in [-0.39, 0.29) is 5.82 Å². The molecule has 1 fully saturated rings. The SMILES string of the molecule is Cc1cc(C(O)CCN2CCN(c3ccccc3)CC2)ccc1F. The van der Waals surface area contributed by atoms with Gasteiger partial charge in [-0.15, -0.1) is 0 Å². The van der Waals surface area contributed by atoms with Crippen LogP contribution in [-0.2, 0) is 0 Å². The Hall–Kier alpha value is -1.91. The van der Waals surface area contributed by atoms with E-state index in [4.69, 9.17) is 0 Å². The second-order valence-corrected chi connectivity index (χ2v) is 6.48. The number of nitrogens with zero attached hydrogens (tertiary/aromatic N) is 2. The Bertz CT molecular complexity index is 654. The summed E-state index contributed by atoms with van der Waals surface area (Å²) < 4.78 is 13.3. The van der Waals surface area contributed by atoms with Gasteiger partial charge >= 0.3 is 0 Å². The average molecular weight is 328 g/mol. The number of halogens is 1. The highest BCUT2D eigenvalue weighted by Gasteiger charge is 2.18. The van der Waals surface area contributed by atoms with Gasteiger partial charge in [0.1, 0.15) is 5.82 Å². The van der Waals surface area contributed by atoms with Crippen LogP contribution in [-0.4, -0.2) is 42.7 Å².